The lowest BCUT2D eigenvalue weighted by molar-refractivity contribution is -0.122. The number of rotatable bonds is 7. The van der Waals surface area contributed by atoms with Crippen LogP contribution in [0.25, 0.3) is 5.69 Å². The van der Waals surface area contributed by atoms with Crippen molar-refractivity contribution in [3.05, 3.63) is 77.9 Å². The van der Waals surface area contributed by atoms with Gasteiger partial charge in [0.15, 0.2) is 0 Å². The molecule has 2 aromatic heterocycles. The van der Waals surface area contributed by atoms with Gasteiger partial charge in [0, 0.05) is 36.0 Å². The molecule has 0 saturated heterocycles. The second-order valence-electron chi connectivity index (χ2n) is 7.28. The van der Waals surface area contributed by atoms with E-state index in [1.165, 1.54) is 0 Å². The lowest BCUT2D eigenvalue weighted by Gasteiger charge is -2.13. The van der Waals surface area contributed by atoms with Crippen molar-refractivity contribution in [3.8, 4) is 5.69 Å². The summed E-state index contributed by atoms with van der Waals surface area (Å²) < 4.78 is 1.73. The maximum absolute atomic E-state index is 12.5. The van der Waals surface area contributed by atoms with E-state index in [4.69, 9.17) is 0 Å². The fourth-order valence-electron chi connectivity index (χ4n) is 3.02. The summed E-state index contributed by atoms with van der Waals surface area (Å²) in [5, 5.41) is 10.2. The molecule has 4 rings (SSSR count). The largest absolute Gasteiger partial charge is 0.352 e. The monoisotopic (exact) mass is 389 g/mol. The van der Waals surface area contributed by atoms with Gasteiger partial charge >= 0.3 is 0 Å². The van der Waals surface area contributed by atoms with E-state index in [1.807, 2.05) is 43.5 Å². The Bertz CT molecular complexity index is 994. The highest BCUT2D eigenvalue weighted by Gasteiger charge is 2.29. The van der Waals surface area contributed by atoms with Crippen LogP contribution in [0.5, 0.6) is 0 Å². The first kappa shape index (κ1) is 18.9. The van der Waals surface area contributed by atoms with Gasteiger partial charge in [0.25, 0.3) is 5.91 Å². The van der Waals surface area contributed by atoms with Crippen LogP contribution >= 0.6 is 0 Å². The van der Waals surface area contributed by atoms with Crippen LogP contribution in [0.4, 0.5) is 0 Å². The number of carbonyl (C=O) groups excluding carboxylic acids is 2. The van der Waals surface area contributed by atoms with Crippen molar-refractivity contribution in [1.29, 1.82) is 0 Å². The Labute approximate surface area is 169 Å². The van der Waals surface area contributed by atoms with E-state index < -0.39 is 0 Å². The molecule has 7 nitrogen and oxygen atoms in total. The molecule has 0 aliphatic heterocycles. The van der Waals surface area contributed by atoms with E-state index in [0.29, 0.717) is 12.1 Å². The van der Waals surface area contributed by atoms with Gasteiger partial charge in [-0.3, -0.25) is 14.6 Å². The zero-order valence-electron chi connectivity index (χ0n) is 16.2. The van der Waals surface area contributed by atoms with E-state index in [9.17, 15) is 9.59 Å². The summed E-state index contributed by atoms with van der Waals surface area (Å²) in [6.45, 7) is 2.38. The fraction of sp³-hybridized carbons (Fsp3) is 0.273. The summed E-state index contributed by atoms with van der Waals surface area (Å²) in [6, 6.07) is 12.7. The highest BCUT2D eigenvalue weighted by atomic mass is 16.2. The van der Waals surface area contributed by atoms with Crippen molar-refractivity contribution in [1.82, 2.24) is 25.4 Å². The molecule has 0 bridgehead atoms. The Hall–Kier alpha value is -3.48. The topological polar surface area (TPSA) is 88.9 Å². The molecular weight excluding hydrogens is 366 g/mol. The second-order valence-corrected chi connectivity index (χ2v) is 7.28. The number of nitrogens with zero attached hydrogens (tertiary/aromatic N) is 3. The van der Waals surface area contributed by atoms with Crippen molar-refractivity contribution in [2.75, 3.05) is 0 Å². The maximum Gasteiger partial charge on any atom is 0.251 e. The average Bonchev–Trinajstić information content (AvgIpc) is 3.50. The lowest BCUT2D eigenvalue weighted by Crippen LogP contribution is -2.27. The number of benzene rings is 1. The highest BCUT2D eigenvalue weighted by Crippen LogP contribution is 2.28. The Morgan fingerprint density at radius 3 is 2.66 bits per heavy atom. The van der Waals surface area contributed by atoms with Crippen molar-refractivity contribution < 1.29 is 9.59 Å². The molecule has 148 valence electrons. The summed E-state index contributed by atoms with van der Waals surface area (Å²) >= 11 is 0. The number of hydrogen-bond donors (Lipinski definition) is 2. The minimum atomic E-state index is -0.178. The lowest BCUT2D eigenvalue weighted by atomic mass is 10.1. The normalized spacial score (nSPS) is 14.2. The molecule has 2 N–H and O–H groups in total. The molecule has 0 radical (unpaired) electrons. The van der Waals surface area contributed by atoms with Gasteiger partial charge in [-0.2, -0.15) is 5.10 Å². The van der Waals surface area contributed by atoms with Crippen LogP contribution in [0.2, 0.25) is 0 Å². The Kier molecular flexibility index (Phi) is 5.37. The van der Waals surface area contributed by atoms with Gasteiger partial charge in [0.1, 0.15) is 0 Å². The first-order valence-corrected chi connectivity index (χ1v) is 9.73. The molecule has 7 heteroatoms. The maximum atomic E-state index is 12.5. The smallest absolute Gasteiger partial charge is 0.251 e. The molecular formula is C22H23N5O2. The molecule has 3 aromatic rings. The van der Waals surface area contributed by atoms with Gasteiger partial charge in [0.05, 0.1) is 23.6 Å². The Morgan fingerprint density at radius 2 is 1.97 bits per heavy atom. The molecule has 1 saturated carbocycles. The molecule has 1 atom stereocenters. The molecule has 2 heterocycles. The third kappa shape index (κ3) is 4.68. The Balaban J connectivity index is 1.36. The van der Waals surface area contributed by atoms with Gasteiger partial charge in [-0.15, -0.1) is 0 Å². The molecule has 1 aliphatic rings. The number of amides is 2. The van der Waals surface area contributed by atoms with E-state index in [2.05, 4.69) is 20.7 Å². The van der Waals surface area contributed by atoms with Gasteiger partial charge < -0.3 is 10.6 Å². The van der Waals surface area contributed by atoms with Crippen molar-refractivity contribution >= 4 is 11.8 Å². The molecule has 29 heavy (non-hydrogen) atoms. The first-order valence-electron chi connectivity index (χ1n) is 9.73. The van der Waals surface area contributed by atoms with Gasteiger partial charge in [-0.05, 0) is 56.2 Å². The number of nitrogens with one attached hydrogen (secondary N) is 2. The quantitative estimate of drug-likeness (QED) is 0.650. The summed E-state index contributed by atoms with van der Waals surface area (Å²) in [6.07, 6.45) is 7.31. The number of hydrogen-bond acceptors (Lipinski definition) is 4. The standard InChI is InChI=1S/C22H23N5O2/c1-15(20-4-2-3-11-23-20)26-22(29)18-7-9-19(10-8-18)27-14-16(13-25-27)12-24-21(28)17-5-6-17/h2-4,7-11,13-15,17H,5-6,12H2,1H3,(H,24,28)(H,26,29)/t15-/m0/s1. The molecule has 1 aromatic carbocycles. The van der Waals surface area contributed by atoms with E-state index >= 15 is 0 Å². The summed E-state index contributed by atoms with van der Waals surface area (Å²) in [7, 11) is 0. The van der Waals surface area contributed by atoms with Crippen molar-refractivity contribution in [2.45, 2.75) is 32.4 Å². The minimum absolute atomic E-state index is 0.119. The van der Waals surface area contributed by atoms with Crippen LogP contribution in [0, 0.1) is 5.92 Å². The van der Waals surface area contributed by atoms with Crippen LogP contribution in [0.1, 0.15) is 47.4 Å². The van der Waals surface area contributed by atoms with E-state index in [-0.39, 0.29) is 23.8 Å². The van der Waals surface area contributed by atoms with E-state index in [0.717, 1.165) is 29.8 Å². The zero-order chi connectivity index (χ0) is 20.2. The van der Waals surface area contributed by atoms with Crippen LogP contribution < -0.4 is 10.6 Å². The van der Waals surface area contributed by atoms with Gasteiger partial charge in [-0.1, -0.05) is 6.07 Å². The third-order valence-corrected chi connectivity index (χ3v) is 4.92. The molecule has 1 fully saturated rings. The zero-order valence-corrected chi connectivity index (χ0v) is 16.2. The van der Waals surface area contributed by atoms with Crippen LogP contribution in [0.3, 0.4) is 0 Å². The predicted octanol–water partition coefficient (Wildman–Crippen LogP) is 2.78. The minimum Gasteiger partial charge on any atom is -0.352 e. The Morgan fingerprint density at radius 1 is 1.17 bits per heavy atom. The average molecular weight is 389 g/mol. The van der Waals surface area contributed by atoms with Crippen LogP contribution in [-0.4, -0.2) is 26.6 Å². The summed E-state index contributed by atoms with van der Waals surface area (Å²) in [5.74, 6) is 0.163. The highest BCUT2D eigenvalue weighted by molar-refractivity contribution is 5.94. The molecule has 0 spiro atoms. The SMILES string of the molecule is C[C@H](NC(=O)c1ccc(-n2cc(CNC(=O)C3CC3)cn2)cc1)c1ccccn1. The third-order valence-electron chi connectivity index (χ3n) is 4.92. The number of aromatic nitrogens is 3. The molecule has 1 aliphatic carbocycles. The summed E-state index contributed by atoms with van der Waals surface area (Å²) in [4.78, 5) is 28.5. The fourth-order valence-corrected chi connectivity index (χ4v) is 3.02. The molecule has 0 unspecified atom stereocenters. The second kappa shape index (κ2) is 8.26. The van der Waals surface area contributed by atoms with Crippen molar-refractivity contribution in [3.63, 3.8) is 0 Å². The summed E-state index contributed by atoms with van der Waals surface area (Å²) in [5.41, 5.74) is 3.17. The van der Waals surface area contributed by atoms with Gasteiger partial charge in [-0.25, -0.2) is 4.68 Å². The predicted molar refractivity (Wildman–Crippen MR) is 108 cm³/mol. The van der Waals surface area contributed by atoms with Crippen LogP contribution in [0.15, 0.2) is 61.1 Å². The number of pyridine rings is 1. The van der Waals surface area contributed by atoms with Gasteiger partial charge in [0.2, 0.25) is 5.91 Å². The number of carbonyl (C=O) groups is 2. The van der Waals surface area contributed by atoms with E-state index in [1.54, 1.807) is 29.2 Å². The first-order chi connectivity index (χ1) is 14.1. The van der Waals surface area contributed by atoms with Crippen molar-refractivity contribution in [2.24, 2.45) is 5.92 Å². The van der Waals surface area contributed by atoms with Crippen LogP contribution in [-0.2, 0) is 11.3 Å². The molecule has 2 amide bonds.